The zero-order valence-corrected chi connectivity index (χ0v) is 16.3. The van der Waals surface area contributed by atoms with E-state index >= 15 is 0 Å². The third-order valence-electron chi connectivity index (χ3n) is 5.65. The van der Waals surface area contributed by atoms with Crippen LogP contribution in [-0.2, 0) is 6.42 Å². The maximum Gasteiger partial charge on any atom is 0.411 e. The van der Waals surface area contributed by atoms with Gasteiger partial charge in [0, 0.05) is 17.6 Å². The number of rotatable bonds is 4. The maximum absolute atomic E-state index is 13.3. The van der Waals surface area contributed by atoms with E-state index in [9.17, 15) is 14.3 Å². The van der Waals surface area contributed by atoms with Crippen LogP contribution in [0, 0.1) is 11.2 Å². The lowest BCUT2D eigenvalue weighted by Gasteiger charge is -2.37. The summed E-state index contributed by atoms with van der Waals surface area (Å²) in [4.78, 5) is 13.3. The molecule has 0 unspecified atom stereocenters. The summed E-state index contributed by atoms with van der Waals surface area (Å²) >= 11 is 0. The molecule has 6 heteroatoms. The summed E-state index contributed by atoms with van der Waals surface area (Å²) in [5.41, 5.74) is 4.15. The SMILES string of the molecule is CC1=Cc2c(cnn2-c2ccc(F)cc2)C[C@]1(C)CN(C(=O)O)c1ccccc1. The zero-order chi connectivity index (χ0) is 20.6. The monoisotopic (exact) mass is 391 g/mol. The Bertz CT molecular complexity index is 1070. The molecule has 0 radical (unpaired) electrons. The van der Waals surface area contributed by atoms with Crippen molar-refractivity contribution < 1.29 is 14.3 Å². The average Bonchev–Trinajstić information content (AvgIpc) is 3.10. The first-order valence-corrected chi connectivity index (χ1v) is 9.44. The highest BCUT2D eigenvalue weighted by Gasteiger charge is 2.36. The molecular formula is C23H22FN3O2. The second-order valence-electron chi connectivity index (χ2n) is 7.71. The highest BCUT2D eigenvalue weighted by molar-refractivity contribution is 5.86. The lowest BCUT2D eigenvalue weighted by molar-refractivity contribution is 0.198. The topological polar surface area (TPSA) is 58.4 Å². The molecule has 2 aromatic carbocycles. The fraction of sp³-hybridized carbons (Fsp3) is 0.217. The molecule has 3 aromatic rings. The van der Waals surface area contributed by atoms with Crippen LogP contribution in [0.15, 0.2) is 66.4 Å². The summed E-state index contributed by atoms with van der Waals surface area (Å²) in [6, 6.07) is 15.4. The van der Waals surface area contributed by atoms with E-state index in [1.54, 1.807) is 28.9 Å². The quantitative estimate of drug-likeness (QED) is 0.668. The molecule has 148 valence electrons. The number of carboxylic acid groups (broad SMARTS) is 1. The summed E-state index contributed by atoms with van der Waals surface area (Å²) in [6.45, 7) is 4.45. The number of halogens is 1. The first-order chi connectivity index (χ1) is 13.9. The van der Waals surface area contributed by atoms with Gasteiger partial charge in [0.25, 0.3) is 0 Å². The Kier molecular flexibility index (Phi) is 4.70. The van der Waals surface area contributed by atoms with E-state index in [0.717, 1.165) is 22.5 Å². The molecule has 29 heavy (non-hydrogen) atoms. The number of benzene rings is 2. The Labute approximate surface area is 168 Å². The second-order valence-corrected chi connectivity index (χ2v) is 7.71. The molecule has 1 aromatic heterocycles. The third kappa shape index (κ3) is 3.53. The molecule has 1 N–H and O–H groups in total. The summed E-state index contributed by atoms with van der Waals surface area (Å²) < 4.78 is 15.1. The van der Waals surface area contributed by atoms with E-state index in [2.05, 4.69) is 18.1 Å². The van der Waals surface area contributed by atoms with Gasteiger partial charge < -0.3 is 5.11 Å². The number of anilines is 1. The van der Waals surface area contributed by atoms with E-state index < -0.39 is 6.09 Å². The van der Waals surface area contributed by atoms with Crippen LogP contribution < -0.4 is 4.90 Å². The number of hydrogen-bond acceptors (Lipinski definition) is 2. The first-order valence-electron chi connectivity index (χ1n) is 9.44. The van der Waals surface area contributed by atoms with Crippen molar-refractivity contribution in [1.29, 1.82) is 0 Å². The maximum atomic E-state index is 13.3. The molecule has 0 saturated carbocycles. The van der Waals surface area contributed by atoms with Gasteiger partial charge in [-0.05, 0) is 61.4 Å². The number of nitrogens with zero attached hydrogens (tertiary/aromatic N) is 3. The zero-order valence-electron chi connectivity index (χ0n) is 16.3. The van der Waals surface area contributed by atoms with Crippen molar-refractivity contribution in [1.82, 2.24) is 9.78 Å². The van der Waals surface area contributed by atoms with Crippen LogP contribution >= 0.6 is 0 Å². The van der Waals surface area contributed by atoms with Gasteiger partial charge in [0.2, 0.25) is 0 Å². The molecular weight excluding hydrogens is 369 g/mol. The van der Waals surface area contributed by atoms with Crippen LogP contribution in [0.2, 0.25) is 0 Å². The summed E-state index contributed by atoms with van der Waals surface area (Å²) in [7, 11) is 0. The van der Waals surface area contributed by atoms with Gasteiger partial charge in [-0.3, -0.25) is 4.90 Å². The van der Waals surface area contributed by atoms with E-state index in [0.29, 0.717) is 18.7 Å². The second kappa shape index (κ2) is 7.20. The highest BCUT2D eigenvalue weighted by Crippen LogP contribution is 2.40. The Morgan fingerprint density at radius 1 is 1.21 bits per heavy atom. The van der Waals surface area contributed by atoms with Gasteiger partial charge in [0.1, 0.15) is 5.82 Å². The molecule has 1 aliphatic carbocycles. The Morgan fingerprint density at radius 3 is 2.55 bits per heavy atom. The Hall–Kier alpha value is -3.41. The molecule has 0 fully saturated rings. The average molecular weight is 391 g/mol. The van der Waals surface area contributed by atoms with Crippen LogP contribution in [0.1, 0.15) is 25.1 Å². The van der Waals surface area contributed by atoms with E-state index in [1.165, 1.54) is 17.0 Å². The normalized spacial score (nSPS) is 18.1. The number of hydrogen-bond donors (Lipinski definition) is 1. The number of amides is 1. The third-order valence-corrected chi connectivity index (χ3v) is 5.65. The van der Waals surface area contributed by atoms with E-state index in [1.807, 2.05) is 31.3 Å². The first kappa shape index (κ1) is 18.9. The number of carbonyl (C=O) groups is 1. The summed E-state index contributed by atoms with van der Waals surface area (Å²) in [6.07, 6.45) is 3.56. The molecule has 0 aliphatic heterocycles. The molecule has 0 spiro atoms. The van der Waals surface area contributed by atoms with Gasteiger partial charge >= 0.3 is 6.09 Å². The van der Waals surface area contributed by atoms with Gasteiger partial charge in [-0.2, -0.15) is 5.10 Å². The van der Waals surface area contributed by atoms with E-state index in [4.69, 9.17) is 0 Å². The fourth-order valence-electron chi connectivity index (χ4n) is 3.82. The van der Waals surface area contributed by atoms with Gasteiger partial charge in [0.05, 0.1) is 17.6 Å². The molecule has 0 bridgehead atoms. The molecule has 4 rings (SSSR count). The van der Waals surface area contributed by atoms with Crippen molar-refractivity contribution >= 4 is 17.9 Å². The largest absolute Gasteiger partial charge is 0.465 e. The minimum atomic E-state index is -0.974. The highest BCUT2D eigenvalue weighted by atomic mass is 19.1. The van der Waals surface area contributed by atoms with Crippen molar-refractivity contribution in [2.24, 2.45) is 5.41 Å². The predicted molar refractivity (Wildman–Crippen MR) is 111 cm³/mol. The lowest BCUT2D eigenvalue weighted by atomic mass is 9.73. The fourth-order valence-corrected chi connectivity index (χ4v) is 3.82. The van der Waals surface area contributed by atoms with Crippen molar-refractivity contribution in [3.8, 4) is 5.69 Å². The van der Waals surface area contributed by atoms with Crippen molar-refractivity contribution in [3.05, 3.63) is 83.4 Å². The Balaban J connectivity index is 1.67. The van der Waals surface area contributed by atoms with Crippen LogP contribution in [0.3, 0.4) is 0 Å². The van der Waals surface area contributed by atoms with Crippen LogP contribution in [-0.4, -0.2) is 27.5 Å². The van der Waals surface area contributed by atoms with Crippen LogP contribution in [0.4, 0.5) is 14.9 Å². The molecule has 1 atom stereocenters. The van der Waals surface area contributed by atoms with Gasteiger partial charge in [0.15, 0.2) is 0 Å². The molecule has 5 nitrogen and oxygen atoms in total. The van der Waals surface area contributed by atoms with E-state index in [-0.39, 0.29) is 11.2 Å². The molecule has 0 saturated heterocycles. The molecule has 1 heterocycles. The van der Waals surface area contributed by atoms with Crippen molar-refractivity contribution in [2.75, 3.05) is 11.4 Å². The predicted octanol–water partition coefficient (Wildman–Crippen LogP) is 5.16. The number of fused-ring (bicyclic) bond motifs is 1. The van der Waals surface area contributed by atoms with Gasteiger partial charge in [-0.25, -0.2) is 13.9 Å². The number of para-hydroxylation sites is 1. The van der Waals surface area contributed by atoms with Crippen molar-refractivity contribution in [3.63, 3.8) is 0 Å². The summed E-state index contributed by atoms with van der Waals surface area (Å²) in [5, 5.41) is 14.3. The van der Waals surface area contributed by atoms with Gasteiger partial charge in [-0.1, -0.05) is 30.7 Å². The standard InChI is InChI=1S/C23H22FN3O2/c1-16-12-21-17(14-25-27(21)20-10-8-18(24)9-11-20)13-23(16,2)15-26(22(28)29)19-6-4-3-5-7-19/h3-12,14H,13,15H2,1-2H3,(H,28,29)/t23-/m1/s1. The minimum Gasteiger partial charge on any atom is -0.465 e. The smallest absolute Gasteiger partial charge is 0.411 e. The molecule has 1 aliphatic rings. The van der Waals surface area contributed by atoms with Crippen LogP contribution in [0.5, 0.6) is 0 Å². The Morgan fingerprint density at radius 2 is 1.90 bits per heavy atom. The van der Waals surface area contributed by atoms with Crippen LogP contribution in [0.25, 0.3) is 11.8 Å². The van der Waals surface area contributed by atoms with Gasteiger partial charge in [-0.15, -0.1) is 0 Å². The van der Waals surface area contributed by atoms with Crippen molar-refractivity contribution in [2.45, 2.75) is 20.3 Å². The lowest BCUT2D eigenvalue weighted by Crippen LogP contribution is -2.42. The number of aromatic nitrogens is 2. The minimum absolute atomic E-state index is 0.288. The summed E-state index contributed by atoms with van der Waals surface area (Å²) in [5.74, 6) is -0.288. The molecule has 1 amide bonds.